The molecule has 0 saturated carbocycles. The summed E-state index contributed by atoms with van der Waals surface area (Å²) in [5, 5.41) is 20.6. The highest BCUT2D eigenvalue weighted by Crippen LogP contribution is 2.36. The summed E-state index contributed by atoms with van der Waals surface area (Å²) in [7, 11) is -1.95. The Hall–Kier alpha value is -1.40. The van der Waals surface area contributed by atoms with Crippen molar-refractivity contribution in [3.63, 3.8) is 0 Å². The topological polar surface area (TPSA) is 73.5 Å². The Labute approximate surface area is 114 Å². The first kappa shape index (κ1) is 15.7. The number of carbonyl (C=O) groups is 1. The van der Waals surface area contributed by atoms with Crippen molar-refractivity contribution >= 4 is 14.3 Å². The fourth-order valence-electron chi connectivity index (χ4n) is 1.24. The van der Waals surface area contributed by atoms with Crippen molar-refractivity contribution in [2.24, 2.45) is 0 Å². The third-order valence-corrected chi connectivity index (χ3v) is 8.11. The molecule has 1 heterocycles. The first-order chi connectivity index (χ1) is 8.54. The van der Waals surface area contributed by atoms with E-state index in [-0.39, 0.29) is 17.2 Å². The first-order valence-electron chi connectivity index (χ1n) is 6.14. The number of aromatic carboxylic acids is 1. The summed E-state index contributed by atoms with van der Waals surface area (Å²) < 4.78 is 6.57. The minimum atomic E-state index is -1.95. The van der Waals surface area contributed by atoms with E-state index in [1.54, 1.807) is 0 Å². The number of nitrogens with zero attached hydrogens (tertiary/aromatic N) is 1. The number of hydrogen-bond acceptors (Lipinski definition) is 3. The van der Waals surface area contributed by atoms with Gasteiger partial charge in [-0.25, -0.2) is 4.79 Å². The Kier molecular flexibility index (Phi) is 4.37. The zero-order chi connectivity index (χ0) is 14.8. The molecular formula is C13H21NO4Si. The van der Waals surface area contributed by atoms with Gasteiger partial charge in [0.05, 0.1) is 5.56 Å². The number of carboxylic acids is 1. The molecule has 19 heavy (non-hydrogen) atoms. The van der Waals surface area contributed by atoms with Crippen LogP contribution in [0.25, 0.3) is 0 Å². The van der Waals surface area contributed by atoms with Crippen molar-refractivity contribution in [2.45, 2.75) is 45.5 Å². The van der Waals surface area contributed by atoms with Crippen LogP contribution in [0.15, 0.2) is 18.3 Å². The summed E-state index contributed by atoms with van der Waals surface area (Å²) in [5.74, 6) is -1.05. The molecule has 0 spiro atoms. The highest BCUT2D eigenvalue weighted by molar-refractivity contribution is 6.74. The van der Waals surface area contributed by atoms with Crippen LogP contribution in [0.2, 0.25) is 18.1 Å². The van der Waals surface area contributed by atoms with Gasteiger partial charge in [0.25, 0.3) is 0 Å². The second kappa shape index (κ2) is 5.30. The number of pyridine rings is 1. The van der Waals surface area contributed by atoms with Gasteiger partial charge in [-0.05, 0) is 18.1 Å². The molecule has 0 atom stereocenters. The number of carboxylic acid groups (broad SMARTS) is 1. The van der Waals surface area contributed by atoms with Crippen molar-refractivity contribution in [1.82, 2.24) is 0 Å². The Morgan fingerprint density at radius 3 is 2.53 bits per heavy atom. The highest BCUT2D eigenvalue weighted by Gasteiger charge is 2.37. The van der Waals surface area contributed by atoms with Crippen LogP contribution in [0.4, 0.5) is 0 Å². The molecule has 0 bridgehead atoms. The van der Waals surface area contributed by atoms with E-state index in [2.05, 4.69) is 33.9 Å². The van der Waals surface area contributed by atoms with Crippen molar-refractivity contribution in [2.75, 3.05) is 0 Å². The Bertz CT molecular complexity index is 480. The number of aromatic nitrogens is 1. The van der Waals surface area contributed by atoms with Crippen LogP contribution in [0.3, 0.4) is 0 Å². The van der Waals surface area contributed by atoms with Crippen LogP contribution >= 0.6 is 0 Å². The molecule has 5 nitrogen and oxygen atoms in total. The van der Waals surface area contributed by atoms with Crippen LogP contribution in [-0.4, -0.2) is 19.4 Å². The molecule has 0 fully saturated rings. The van der Waals surface area contributed by atoms with Gasteiger partial charge in [-0.2, -0.15) is 4.73 Å². The summed E-state index contributed by atoms with van der Waals surface area (Å²) in [4.78, 5) is 10.9. The molecule has 0 aliphatic heterocycles. The lowest BCUT2D eigenvalue weighted by Gasteiger charge is -2.35. The fourth-order valence-corrected chi connectivity index (χ4v) is 2.19. The van der Waals surface area contributed by atoms with E-state index in [1.807, 2.05) is 0 Å². The molecule has 106 valence electrons. The third kappa shape index (κ3) is 3.78. The Morgan fingerprint density at radius 1 is 1.47 bits per heavy atom. The van der Waals surface area contributed by atoms with Gasteiger partial charge >= 0.3 is 5.97 Å². The maximum Gasteiger partial charge on any atom is 0.336 e. The van der Waals surface area contributed by atoms with Gasteiger partial charge in [0.1, 0.15) is 6.61 Å². The maximum atomic E-state index is 11.6. The SMILES string of the molecule is CC(C)(C)[Si](C)(C)OCc1cc(C(=O)O)cc[n+]1[O-]. The fraction of sp³-hybridized carbons (Fsp3) is 0.538. The Balaban J connectivity index is 2.89. The average Bonchev–Trinajstić information content (AvgIpc) is 2.26. The molecule has 1 N–H and O–H groups in total. The average molecular weight is 283 g/mol. The molecular weight excluding hydrogens is 262 g/mol. The minimum Gasteiger partial charge on any atom is -0.618 e. The van der Waals surface area contributed by atoms with Crippen molar-refractivity contribution in [3.8, 4) is 0 Å². The van der Waals surface area contributed by atoms with Crippen molar-refractivity contribution in [1.29, 1.82) is 0 Å². The van der Waals surface area contributed by atoms with Crippen LogP contribution in [0.1, 0.15) is 36.8 Å². The van der Waals surface area contributed by atoms with Crippen LogP contribution in [0, 0.1) is 5.21 Å². The lowest BCUT2D eigenvalue weighted by atomic mass is 10.2. The second-order valence-electron chi connectivity index (χ2n) is 6.09. The van der Waals surface area contributed by atoms with E-state index >= 15 is 0 Å². The smallest absolute Gasteiger partial charge is 0.336 e. The molecule has 0 amide bonds. The van der Waals surface area contributed by atoms with Crippen molar-refractivity contribution in [3.05, 3.63) is 34.8 Å². The summed E-state index contributed by atoms with van der Waals surface area (Å²) in [6.07, 6.45) is 1.20. The highest BCUT2D eigenvalue weighted by atomic mass is 28.4. The van der Waals surface area contributed by atoms with Gasteiger partial charge in [-0.15, -0.1) is 0 Å². The Morgan fingerprint density at radius 2 is 2.05 bits per heavy atom. The predicted molar refractivity (Wildman–Crippen MR) is 74.3 cm³/mol. The van der Waals surface area contributed by atoms with E-state index in [1.165, 1.54) is 18.3 Å². The monoisotopic (exact) mass is 283 g/mol. The summed E-state index contributed by atoms with van der Waals surface area (Å²) >= 11 is 0. The summed E-state index contributed by atoms with van der Waals surface area (Å²) in [5.41, 5.74) is 0.422. The van der Waals surface area contributed by atoms with E-state index in [9.17, 15) is 10.0 Å². The first-order valence-corrected chi connectivity index (χ1v) is 9.05. The normalized spacial score (nSPS) is 12.5. The quantitative estimate of drug-likeness (QED) is 0.523. The number of hydrogen-bond donors (Lipinski definition) is 1. The van der Waals surface area contributed by atoms with E-state index < -0.39 is 14.3 Å². The minimum absolute atomic E-state index is 0.0467. The van der Waals surface area contributed by atoms with Crippen LogP contribution < -0.4 is 4.73 Å². The van der Waals surface area contributed by atoms with E-state index in [4.69, 9.17) is 9.53 Å². The molecule has 1 rings (SSSR count). The predicted octanol–water partition coefficient (Wildman–Crippen LogP) is 2.54. The standard InChI is InChI=1S/C13H21NO4Si/c1-13(2,3)19(4,5)18-9-11-8-10(12(15)16)6-7-14(11)17/h6-8H,9H2,1-5H3,(H,15,16). The zero-order valence-corrected chi connectivity index (χ0v) is 13.1. The molecule has 0 radical (unpaired) electrons. The molecule has 0 aliphatic rings. The van der Waals surface area contributed by atoms with Gasteiger partial charge in [-0.3, -0.25) is 0 Å². The van der Waals surface area contributed by atoms with Crippen LogP contribution in [0.5, 0.6) is 0 Å². The van der Waals surface area contributed by atoms with Crippen LogP contribution in [-0.2, 0) is 11.0 Å². The largest absolute Gasteiger partial charge is 0.618 e. The maximum absolute atomic E-state index is 11.6. The number of rotatable bonds is 4. The molecule has 0 aromatic carbocycles. The van der Waals surface area contributed by atoms with Gasteiger partial charge in [0.2, 0.25) is 5.69 Å². The molecule has 0 aliphatic carbocycles. The van der Waals surface area contributed by atoms with Gasteiger partial charge in [0, 0.05) is 12.1 Å². The van der Waals surface area contributed by atoms with Gasteiger partial charge in [0.15, 0.2) is 14.5 Å². The summed E-state index contributed by atoms with van der Waals surface area (Å²) in [6, 6.07) is 2.65. The second-order valence-corrected chi connectivity index (χ2v) is 10.9. The molecule has 0 saturated heterocycles. The summed E-state index contributed by atoms with van der Waals surface area (Å²) in [6.45, 7) is 10.6. The van der Waals surface area contributed by atoms with E-state index in [0.717, 1.165) is 0 Å². The van der Waals surface area contributed by atoms with E-state index in [0.29, 0.717) is 10.4 Å². The molecule has 6 heteroatoms. The molecule has 1 aromatic heterocycles. The lowest BCUT2D eigenvalue weighted by Crippen LogP contribution is -2.42. The van der Waals surface area contributed by atoms with Crippen molar-refractivity contribution < 1.29 is 19.1 Å². The van der Waals surface area contributed by atoms with Gasteiger partial charge < -0.3 is 14.7 Å². The molecule has 0 unspecified atom stereocenters. The molecule has 1 aromatic rings. The lowest BCUT2D eigenvalue weighted by molar-refractivity contribution is -0.616. The zero-order valence-electron chi connectivity index (χ0n) is 12.1. The van der Waals surface area contributed by atoms with Gasteiger partial charge in [-0.1, -0.05) is 20.8 Å². The third-order valence-electron chi connectivity index (χ3n) is 3.63.